The summed E-state index contributed by atoms with van der Waals surface area (Å²) in [7, 11) is 0. The van der Waals surface area contributed by atoms with Crippen molar-refractivity contribution in [3.63, 3.8) is 0 Å². The van der Waals surface area contributed by atoms with Gasteiger partial charge in [0.1, 0.15) is 0 Å². The summed E-state index contributed by atoms with van der Waals surface area (Å²) in [4.78, 5) is 0. The van der Waals surface area contributed by atoms with Crippen LogP contribution in [0.5, 0.6) is 0 Å². The van der Waals surface area contributed by atoms with Crippen LogP contribution in [0.3, 0.4) is 0 Å². The molecule has 1 aromatic heterocycles. The van der Waals surface area contributed by atoms with Gasteiger partial charge in [-0.2, -0.15) is 0 Å². The Labute approximate surface area is 99.8 Å². The van der Waals surface area contributed by atoms with E-state index in [1.54, 1.807) is 0 Å². The molecular formula is C15H14O2. The quantitative estimate of drug-likeness (QED) is 0.586. The largest absolute Gasteiger partial charge is 0.286 e. The van der Waals surface area contributed by atoms with E-state index in [9.17, 15) is 0 Å². The maximum atomic E-state index is 5.13. The summed E-state index contributed by atoms with van der Waals surface area (Å²) >= 11 is 0. The van der Waals surface area contributed by atoms with Crippen molar-refractivity contribution in [3.05, 3.63) is 48.0 Å². The fourth-order valence-corrected chi connectivity index (χ4v) is 2.23. The first-order valence-electron chi connectivity index (χ1n) is 5.84. The predicted octanol–water partition coefficient (Wildman–Crippen LogP) is 4.82. The lowest BCUT2D eigenvalue weighted by atomic mass is 9.92. The van der Waals surface area contributed by atoms with Gasteiger partial charge in [0.25, 0.3) is 0 Å². The summed E-state index contributed by atoms with van der Waals surface area (Å²) in [6.45, 7) is 4.34. The van der Waals surface area contributed by atoms with Crippen LogP contribution < -0.4 is 0 Å². The van der Waals surface area contributed by atoms with Crippen molar-refractivity contribution in [1.29, 1.82) is 0 Å². The van der Waals surface area contributed by atoms with Gasteiger partial charge in [-0.1, -0.05) is 44.2 Å². The maximum Gasteiger partial charge on any atom is 0.229 e. The number of fused-ring (bicyclic) bond motifs is 1. The molecule has 3 rings (SSSR count). The van der Waals surface area contributed by atoms with Crippen molar-refractivity contribution in [1.82, 2.24) is 0 Å². The van der Waals surface area contributed by atoms with Crippen LogP contribution in [0, 0.1) is 0 Å². The van der Waals surface area contributed by atoms with Crippen LogP contribution in [0.15, 0.2) is 51.6 Å². The molecule has 0 amide bonds. The van der Waals surface area contributed by atoms with E-state index in [1.807, 2.05) is 12.1 Å². The molecule has 0 aliphatic carbocycles. The van der Waals surface area contributed by atoms with Crippen molar-refractivity contribution >= 4 is 11.2 Å². The first-order valence-corrected chi connectivity index (χ1v) is 5.84. The molecule has 0 radical (unpaired) electrons. The van der Waals surface area contributed by atoms with Gasteiger partial charge in [-0.25, -0.2) is 0 Å². The van der Waals surface area contributed by atoms with Crippen LogP contribution in [-0.4, -0.2) is 0 Å². The lowest BCUT2D eigenvalue weighted by Gasteiger charge is -2.14. The summed E-state index contributed by atoms with van der Waals surface area (Å²) in [5.41, 5.74) is 5.40. The standard InChI is InChI=1S/C15H14O2/c1-10(2)14-12(11-6-4-3-5-7-11)8-9-13-15(14)17-16-13/h3-10H,1-2H3. The van der Waals surface area contributed by atoms with E-state index in [1.165, 1.54) is 16.7 Å². The van der Waals surface area contributed by atoms with Gasteiger partial charge < -0.3 is 0 Å². The van der Waals surface area contributed by atoms with Crippen molar-refractivity contribution in [2.75, 3.05) is 0 Å². The molecule has 0 unspecified atom stereocenters. The van der Waals surface area contributed by atoms with Crippen LogP contribution in [0.25, 0.3) is 22.3 Å². The normalized spacial score (nSPS) is 11.5. The van der Waals surface area contributed by atoms with E-state index < -0.39 is 0 Å². The molecule has 86 valence electrons. The Morgan fingerprint density at radius 2 is 1.65 bits per heavy atom. The second-order valence-corrected chi connectivity index (χ2v) is 4.54. The first kappa shape index (κ1) is 10.2. The third kappa shape index (κ3) is 1.57. The minimum atomic E-state index is 0.407. The monoisotopic (exact) mass is 226 g/mol. The summed E-state index contributed by atoms with van der Waals surface area (Å²) in [5.74, 6) is 0.407. The van der Waals surface area contributed by atoms with E-state index in [0.29, 0.717) is 5.92 Å². The number of hydrogen-bond acceptors (Lipinski definition) is 2. The molecule has 3 aromatic rings. The number of benzene rings is 2. The minimum Gasteiger partial charge on any atom is -0.286 e. The Kier molecular flexibility index (Phi) is 2.29. The zero-order chi connectivity index (χ0) is 11.8. The molecule has 0 aliphatic rings. The van der Waals surface area contributed by atoms with Gasteiger partial charge in [0.2, 0.25) is 11.2 Å². The Morgan fingerprint density at radius 3 is 2.24 bits per heavy atom. The second-order valence-electron chi connectivity index (χ2n) is 4.54. The highest BCUT2D eigenvalue weighted by Gasteiger charge is 2.18. The summed E-state index contributed by atoms with van der Waals surface area (Å²) in [6, 6.07) is 14.4. The van der Waals surface area contributed by atoms with E-state index in [2.05, 4.69) is 44.2 Å². The molecule has 0 saturated heterocycles. The van der Waals surface area contributed by atoms with Gasteiger partial charge >= 0.3 is 0 Å². The second kappa shape index (κ2) is 3.81. The van der Waals surface area contributed by atoms with Gasteiger partial charge in [-0.3, -0.25) is 9.15 Å². The molecule has 1 heterocycles. The SMILES string of the molecule is CC(C)c1c(-c2ccccc2)ccc2ooc12. The highest BCUT2D eigenvalue weighted by atomic mass is 17.0. The summed E-state index contributed by atoms with van der Waals surface area (Å²) in [5, 5.41) is 0. The zero-order valence-electron chi connectivity index (χ0n) is 9.94. The molecule has 0 atom stereocenters. The van der Waals surface area contributed by atoms with Crippen molar-refractivity contribution < 1.29 is 9.15 Å². The Balaban J connectivity index is 2.26. The number of rotatable bonds is 2. The van der Waals surface area contributed by atoms with Gasteiger partial charge in [0.15, 0.2) is 0 Å². The topological polar surface area (TPSA) is 26.3 Å². The Bertz CT molecular complexity index is 629. The van der Waals surface area contributed by atoms with Gasteiger partial charge in [-0.05, 0) is 29.2 Å². The average Bonchev–Trinajstić information content (AvgIpc) is 2.31. The zero-order valence-corrected chi connectivity index (χ0v) is 9.94. The highest BCUT2D eigenvalue weighted by Crippen LogP contribution is 2.36. The summed E-state index contributed by atoms with van der Waals surface area (Å²) < 4.78 is 10.1. The van der Waals surface area contributed by atoms with Crippen molar-refractivity contribution in [2.45, 2.75) is 19.8 Å². The van der Waals surface area contributed by atoms with E-state index in [4.69, 9.17) is 9.15 Å². The van der Waals surface area contributed by atoms with Gasteiger partial charge in [0, 0.05) is 5.56 Å². The lowest BCUT2D eigenvalue weighted by Crippen LogP contribution is -1.95. The van der Waals surface area contributed by atoms with Crippen LogP contribution in [-0.2, 0) is 0 Å². The smallest absolute Gasteiger partial charge is 0.229 e. The van der Waals surface area contributed by atoms with Gasteiger partial charge in [-0.15, -0.1) is 0 Å². The van der Waals surface area contributed by atoms with E-state index >= 15 is 0 Å². The van der Waals surface area contributed by atoms with Gasteiger partial charge in [0.05, 0.1) is 0 Å². The first-order chi connectivity index (χ1) is 8.27. The fourth-order valence-electron chi connectivity index (χ4n) is 2.23. The molecular weight excluding hydrogens is 212 g/mol. The molecule has 2 nitrogen and oxygen atoms in total. The highest BCUT2D eigenvalue weighted by molar-refractivity contribution is 5.85. The maximum absolute atomic E-state index is 5.13. The molecule has 2 aromatic carbocycles. The van der Waals surface area contributed by atoms with Crippen LogP contribution in [0.4, 0.5) is 0 Å². The average molecular weight is 226 g/mol. The van der Waals surface area contributed by atoms with Crippen LogP contribution >= 0.6 is 0 Å². The third-order valence-electron chi connectivity index (χ3n) is 3.04. The van der Waals surface area contributed by atoms with Crippen LogP contribution in [0.2, 0.25) is 0 Å². The Morgan fingerprint density at radius 1 is 0.882 bits per heavy atom. The lowest BCUT2D eigenvalue weighted by molar-refractivity contribution is 0.0579. The molecule has 2 heteroatoms. The molecule has 0 fully saturated rings. The van der Waals surface area contributed by atoms with Crippen molar-refractivity contribution in [2.24, 2.45) is 0 Å². The van der Waals surface area contributed by atoms with E-state index in [0.717, 1.165) is 11.2 Å². The molecule has 0 bridgehead atoms. The summed E-state index contributed by atoms with van der Waals surface area (Å²) in [6.07, 6.45) is 0. The Hall–Kier alpha value is -1.96. The minimum absolute atomic E-state index is 0.407. The van der Waals surface area contributed by atoms with E-state index in [-0.39, 0.29) is 0 Å². The molecule has 0 spiro atoms. The molecule has 0 saturated carbocycles. The van der Waals surface area contributed by atoms with Crippen molar-refractivity contribution in [3.8, 4) is 11.1 Å². The molecule has 0 N–H and O–H groups in total. The van der Waals surface area contributed by atoms with Crippen LogP contribution in [0.1, 0.15) is 25.3 Å². The molecule has 0 aliphatic heterocycles. The predicted molar refractivity (Wildman–Crippen MR) is 68.0 cm³/mol. The third-order valence-corrected chi connectivity index (χ3v) is 3.04. The number of hydrogen-bond donors (Lipinski definition) is 0. The fraction of sp³-hybridized carbons (Fsp3) is 0.200. The molecule has 17 heavy (non-hydrogen) atoms.